The zero-order chi connectivity index (χ0) is 15.8. The van der Waals surface area contributed by atoms with Gasteiger partial charge in [-0.3, -0.25) is 4.79 Å². The first-order valence-electron chi connectivity index (χ1n) is 7.52. The summed E-state index contributed by atoms with van der Waals surface area (Å²) in [5, 5.41) is 8.77. The van der Waals surface area contributed by atoms with Crippen LogP contribution in [0.25, 0.3) is 0 Å². The molecule has 0 atom stereocenters. The van der Waals surface area contributed by atoms with Crippen molar-refractivity contribution in [2.75, 3.05) is 13.2 Å². The highest BCUT2D eigenvalue weighted by molar-refractivity contribution is 5.95. The van der Waals surface area contributed by atoms with Crippen molar-refractivity contribution >= 4 is 5.91 Å². The monoisotopic (exact) mass is 287 g/mol. The number of rotatable bonds is 5. The first-order valence-corrected chi connectivity index (χ1v) is 7.52. The first-order chi connectivity index (χ1) is 9.99. The minimum Gasteiger partial charge on any atom is -0.395 e. The molecule has 1 N–H and O–H groups in total. The lowest BCUT2D eigenvalue weighted by Crippen LogP contribution is -2.37. The van der Waals surface area contributed by atoms with Gasteiger partial charge >= 0.3 is 0 Å². The Hall–Kier alpha value is -1.79. The van der Waals surface area contributed by atoms with Crippen molar-refractivity contribution in [3.05, 3.63) is 34.9 Å². The highest BCUT2D eigenvalue weighted by Gasteiger charge is 2.18. The number of aryl methyl sites for hydroxylation is 1. The summed E-state index contributed by atoms with van der Waals surface area (Å²) in [6, 6.07) is 5.89. The molecule has 0 radical (unpaired) electrons. The molecule has 0 aromatic heterocycles. The second-order valence-corrected chi connectivity index (χ2v) is 5.46. The van der Waals surface area contributed by atoms with Crippen molar-refractivity contribution in [1.29, 1.82) is 0 Å². The molecule has 0 fully saturated rings. The topological polar surface area (TPSA) is 40.5 Å². The zero-order valence-corrected chi connectivity index (χ0v) is 13.4. The van der Waals surface area contributed by atoms with Crippen LogP contribution in [0.4, 0.5) is 0 Å². The van der Waals surface area contributed by atoms with E-state index >= 15 is 0 Å². The number of benzene rings is 1. The molecule has 0 bridgehead atoms. The fourth-order valence-corrected chi connectivity index (χ4v) is 2.20. The molecule has 3 heteroatoms. The molecule has 0 spiro atoms. The lowest BCUT2D eigenvalue weighted by Gasteiger charge is -2.26. The molecule has 0 aliphatic rings. The standard InChI is InChI=1S/C18H25NO2/c1-5-9-19(14(2)3)18(21)17-12-15(4)11-16(13-17)8-6-7-10-20/h11-14,20H,5,7,9-10H2,1-4H3. The van der Waals surface area contributed by atoms with E-state index < -0.39 is 0 Å². The molecule has 3 nitrogen and oxygen atoms in total. The van der Waals surface area contributed by atoms with Gasteiger partial charge in [0, 0.05) is 30.1 Å². The van der Waals surface area contributed by atoms with Crippen LogP contribution in [0.1, 0.15) is 55.1 Å². The summed E-state index contributed by atoms with van der Waals surface area (Å²) >= 11 is 0. The Bertz CT molecular complexity index is 538. The number of carbonyl (C=O) groups is 1. The average molecular weight is 287 g/mol. The first kappa shape index (κ1) is 17.3. The van der Waals surface area contributed by atoms with E-state index in [0.717, 1.165) is 24.1 Å². The van der Waals surface area contributed by atoms with Gasteiger partial charge in [0.2, 0.25) is 0 Å². The largest absolute Gasteiger partial charge is 0.395 e. The lowest BCUT2D eigenvalue weighted by atomic mass is 10.0. The van der Waals surface area contributed by atoms with Crippen molar-refractivity contribution in [3.8, 4) is 11.8 Å². The van der Waals surface area contributed by atoms with E-state index in [2.05, 4.69) is 18.8 Å². The molecular weight excluding hydrogens is 262 g/mol. The van der Waals surface area contributed by atoms with E-state index in [9.17, 15) is 4.79 Å². The summed E-state index contributed by atoms with van der Waals surface area (Å²) in [4.78, 5) is 14.5. The second kappa shape index (κ2) is 8.49. The fourth-order valence-electron chi connectivity index (χ4n) is 2.20. The summed E-state index contributed by atoms with van der Waals surface area (Å²) in [6.07, 6.45) is 1.39. The van der Waals surface area contributed by atoms with Crippen LogP contribution in [0.15, 0.2) is 18.2 Å². The Morgan fingerprint density at radius 2 is 2.05 bits per heavy atom. The van der Waals surface area contributed by atoms with Crippen molar-refractivity contribution in [2.24, 2.45) is 0 Å². The fraction of sp³-hybridized carbons (Fsp3) is 0.500. The van der Waals surface area contributed by atoms with Gasteiger partial charge in [0.05, 0.1) is 6.61 Å². The maximum absolute atomic E-state index is 12.6. The van der Waals surface area contributed by atoms with Crippen molar-refractivity contribution in [1.82, 2.24) is 4.90 Å². The highest BCUT2D eigenvalue weighted by Crippen LogP contribution is 2.14. The molecule has 0 aliphatic heterocycles. The normalized spacial score (nSPS) is 10.2. The van der Waals surface area contributed by atoms with Crippen molar-refractivity contribution in [3.63, 3.8) is 0 Å². The lowest BCUT2D eigenvalue weighted by molar-refractivity contribution is 0.0706. The molecule has 1 aromatic carbocycles. The molecule has 0 unspecified atom stereocenters. The summed E-state index contributed by atoms with van der Waals surface area (Å²) < 4.78 is 0. The van der Waals surface area contributed by atoms with Crippen LogP contribution in [-0.2, 0) is 0 Å². The van der Waals surface area contributed by atoms with Crippen molar-refractivity contribution < 1.29 is 9.90 Å². The van der Waals surface area contributed by atoms with Gasteiger partial charge in [0.1, 0.15) is 0 Å². The van der Waals surface area contributed by atoms with E-state index in [1.807, 2.05) is 43.9 Å². The molecular formula is C18H25NO2. The predicted octanol–water partition coefficient (Wildman–Crippen LogP) is 2.99. The number of hydrogen-bond acceptors (Lipinski definition) is 2. The molecule has 0 saturated heterocycles. The summed E-state index contributed by atoms with van der Waals surface area (Å²) in [5.74, 6) is 5.95. The molecule has 0 aliphatic carbocycles. The van der Waals surface area contributed by atoms with Gasteiger partial charge in [-0.15, -0.1) is 0 Å². The number of nitrogens with zero attached hydrogens (tertiary/aromatic N) is 1. The minimum absolute atomic E-state index is 0.0563. The molecule has 0 heterocycles. The average Bonchev–Trinajstić information content (AvgIpc) is 2.43. The number of aliphatic hydroxyl groups excluding tert-OH is 1. The summed E-state index contributed by atoms with van der Waals surface area (Å²) in [6.45, 7) is 8.92. The number of aliphatic hydroxyl groups is 1. The molecule has 114 valence electrons. The van der Waals surface area contributed by atoms with Gasteiger partial charge in [-0.25, -0.2) is 0 Å². The van der Waals surface area contributed by atoms with Gasteiger partial charge in [0.15, 0.2) is 0 Å². The third kappa shape index (κ3) is 5.24. The molecule has 1 rings (SSSR count). The van der Waals surface area contributed by atoms with Crippen LogP contribution in [-0.4, -0.2) is 35.1 Å². The van der Waals surface area contributed by atoms with E-state index in [1.54, 1.807) is 0 Å². The Kier molecular flexibility index (Phi) is 6.98. The van der Waals surface area contributed by atoms with Crippen LogP contribution >= 0.6 is 0 Å². The van der Waals surface area contributed by atoms with E-state index in [4.69, 9.17) is 5.11 Å². The van der Waals surface area contributed by atoms with Gasteiger partial charge in [-0.2, -0.15) is 0 Å². The maximum atomic E-state index is 12.6. The van der Waals surface area contributed by atoms with Crippen LogP contribution in [0, 0.1) is 18.8 Å². The molecule has 0 saturated carbocycles. The SMILES string of the molecule is CCCN(C(=O)c1cc(C)cc(C#CCCO)c1)C(C)C. The maximum Gasteiger partial charge on any atom is 0.254 e. The van der Waals surface area contributed by atoms with Crippen LogP contribution in [0.2, 0.25) is 0 Å². The van der Waals surface area contributed by atoms with Gasteiger partial charge in [-0.05, 0) is 51.0 Å². The summed E-state index contributed by atoms with van der Waals surface area (Å²) in [5.41, 5.74) is 2.53. The second-order valence-electron chi connectivity index (χ2n) is 5.46. The zero-order valence-electron chi connectivity index (χ0n) is 13.4. The molecule has 21 heavy (non-hydrogen) atoms. The van der Waals surface area contributed by atoms with E-state index in [-0.39, 0.29) is 18.6 Å². The Morgan fingerprint density at radius 3 is 2.62 bits per heavy atom. The van der Waals surface area contributed by atoms with Crippen molar-refractivity contribution in [2.45, 2.75) is 46.6 Å². The number of amides is 1. The van der Waals surface area contributed by atoms with Gasteiger partial charge in [-0.1, -0.05) is 18.8 Å². The predicted molar refractivity (Wildman–Crippen MR) is 86.2 cm³/mol. The molecule has 1 amide bonds. The third-order valence-corrected chi connectivity index (χ3v) is 3.14. The van der Waals surface area contributed by atoms with Crippen LogP contribution in [0.5, 0.6) is 0 Å². The number of hydrogen-bond donors (Lipinski definition) is 1. The third-order valence-electron chi connectivity index (χ3n) is 3.14. The van der Waals surface area contributed by atoms with E-state index in [1.165, 1.54) is 0 Å². The quantitative estimate of drug-likeness (QED) is 0.846. The smallest absolute Gasteiger partial charge is 0.254 e. The summed E-state index contributed by atoms with van der Waals surface area (Å²) in [7, 11) is 0. The Morgan fingerprint density at radius 1 is 1.33 bits per heavy atom. The molecule has 1 aromatic rings. The van der Waals surface area contributed by atoms with E-state index in [0.29, 0.717) is 12.0 Å². The van der Waals surface area contributed by atoms with Crippen LogP contribution in [0.3, 0.4) is 0 Å². The minimum atomic E-state index is 0.0563. The van der Waals surface area contributed by atoms with Crippen LogP contribution < -0.4 is 0 Å². The Labute approximate surface area is 128 Å². The van der Waals surface area contributed by atoms with Gasteiger partial charge < -0.3 is 10.0 Å². The number of carbonyl (C=O) groups excluding carboxylic acids is 1. The highest BCUT2D eigenvalue weighted by atomic mass is 16.2. The Balaban J connectivity index is 3.07. The van der Waals surface area contributed by atoms with Gasteiger partial charge in [0.25, 0.3) is 5.91 Å².